The Labute approximate surface area is 873 Å². The van der Waals surface area contributed by atoms with E-state index < -0.39 is 98.2 Å². The topological polar surface area (TPSA) is 604 Å². The lowest BCUT2D eigenvalue weighted by Gasteiger charge is -2.30. The SMILES string of the molecule is CC(C)CN(CCNC(=O)Cc1ccc(C(C)(C)C)cc1)C[C@H]1O[C@@H](n2cnc3c(N)ncnc32)[C@H](O)[C@@H]1O.CC(C)N(CCNC(=O)Cc1ccc(C(C)(C)C)cc1)C[C@H]1O[C@@H](n2cnc3c(N)ncnc32)[C@H](O)[C@@H]1O.CCN(CCNC(=O)Cc1ccc(C(C)(C)C)cc1)C[C@H]1O[C@@H](n2cnc3c(N)ncnc32)[C@H](O)[C@@H]1O.CN(CCOC(=O)Cc1ccc(C(C)(C)C)cc1)C[C@H]1O[C@@H](n2cnc3c(N)ncnc32)[C@H](O)[C@@H]1O. The van der Waals surface area contributed by atoms with E-state index in [1.165, 1.54) is 77.4 Å². The standard InChI is InChI=1S/C28H41N7O4.C27H39N7O4.C26H37N7O4.C25H34N6O5/c1-17(2)13-34(11-10-30-21(36)12-18-6-8-19(9-7-18)28(3,4)5)14-20-23(37)24(38)27(39-20)35-16-33-22-25(29)31-15-32-26(22)35;1-16(2)33(11-10-29-20(35)12-17-6-8-18(9-7-17)27(3,4)5)13-19-22(36)23(37)26(38-19)34-15-32-21-24(28)30-14-31-25(21)34;1-5-32(11-10-28-19(34)12-16-6-8-17(9-7-16)26(2,3)4)13-18-21(35)22(36)25(37-18)33-15-31-20-23(27)29-14-30-24(20)33;1-25(2,3)16-7-5-15(6-8-16)11-18(32)35-10-9-30(4)12-17-20(33)21(34)24(36-17)31-14-29-19-22(26)27-13-28-23(19)31/h6-9,15-17,20,23-24,27,37-38H,10-14H2,1-5H3,(H,30,36)(H2,29,31,32);6-9,14-16,19,22-23,26,36-37H,10-13H2,1-5H3,(H,29,35)(H2,28,30,31);6-9,14-15,18,21-22,25,35-36H,5,10-13H2,1-4H3,(H,28,34)(H2,27,29,30);5-8,13-14,17,20-21,24,33-34H,9-12H2,1-4H3,(H2,26,27,28)/t20-,23-,24-,27-;19-,22-,23-,26-;18-,21-,22-,25-;17-,20-,21-,24-/m1111/s1. The molecule has 44 heteroatoms. The monoisotopic (exact) mass is 2070 g/mol. The van der Waals surface area contributed by atoms with Gasteiger partial charge in [0, 0.05) is 84.6 Å². The van der Waals surface area contributed by atoms with Gasteiger partial charge in [-0.05, 0) is 99.5 Å². The van der Waals surface area contributed by atoms with Crippen LogP contribution in [0.25, 0.3) is 44.7 Å². The fraction of sp³-hybridized carbons (Fsp3) is 0.547. The minimum absolute atomic E-state index is 0.0381. The summed E-state index contributed by atoms with van der Waals surface area (Å²) in [7, 11) is 1.83. The van der Waals surface area contributed by atoms with Gasteiger partial charge in [0.15, 0.2) is 70.8 Å². The molecule has 8 aromatic heterocycles. The fourth-order valence-electron chi connectivity index (χ4n) is 18.3. The van der Waals surface area contributed by atoms with Crippen LogP contribution >= 0.6 is 0 Å². The van der Waals surface area contributed by atoms with Gasteiger partial charge in [-0.25, -0.2) is 59.8 Å². The lowest BCUT2D eigenvalue weighted by Crippen LogP contribution is -2.45. The molecule has 0 bridgehead atoms. The summed E-state index contributed by atoms with van der Waals surface area (Å²) in [6.45, 7) is 42.9. The number of aromatic nitrogens is 16. The van der Waals surface area contributed by atoms with E-state index in [0.29, 0.717) is 148 Å². The smallest absolute Gasteiger partial charge is 0.310 e. The molecule has 150 heavy (non-hydrogen) atoms. The number of rotatable bonds is 36. The van der Waals surface area contributed by atoms with E-state index in [1.807, 2.05) is 93.4 Å². The molecule has 4 saturated heterocycles. The van der Waals surface area contributed by atoms with Crippen LogP contribution in [0.2, 0.25) is 0 Å². The number of anilines is 4. The molecular weight excluding hydrogens is 1920 g/mol. The Hall–Kier alpha value is -12.5. The molecule has 0 saturated carbocycles. The van der Waals surface area contributed by atoms with Crippen molar-refractivity contribution in [2.45, 2.75) is 269 Å². The number of hydrogen-bond acceptors (Lipinski definition) is 37. The Morgan fingerprint density at radius 3 is 0.927 bits per heavy atom. The fourth-order valence-corrected chi connectivity index (χ4v) is 18.3. The summed E-state index contributed by atoms with van der Waals surface area (Å²) >= 11 is 0. The lowest BCUT2D eigenvalue weighted by molar-refractivity contribution is -0.143. The number of aliphatic hydroxyl groups is 8. The average Bonchev–Trinajstić information content (AvgIpc) is 1.63. The highest BCUT2D eigenvalue weighted by atomic mass is 16.6. The van der Waals surface area contributed by atoms with Crippen molar-refractivity contribution in [2.24, 2.45) is 5.92 Å². The third-order valence-electron chi connectivity index (χ3n) is 27.3. The number of likely N-dealkylation sites (N-methyl/N-ethyl adjacent to an activating group) is 2. The summed E-state index contributed by atoms with van der Waals surface area (Å²) in [4.78, 5) is 107. The molecule has 44 nitrogen and oxygen atoms in total. The third kappa shape index (κ3) is 29.3. The molecule has 19 N–H and O–H groups in total. The van der Waals surface area contributed by atoms with E-state index in [-0.39, 0.29) is 87.7 Å². The number of nitrogens with zero attached hydrogens (tertiary/aromatic N) is 20. The predicted molar refractivity (Wildman–Crippen MR) is 566 cm³/mol. The Kier molecular flexibility index (Phi) is 38.4. The van der Waals surface area contributed by atoms with Crippen molar-refractivity contribution in [3.63, 3.8) is 0 Å². The van der Waals surface area contributed by atoms with Crippen LogP contribution in [0, 0.1) is 5.92 Å². The number of esters is 1. The molecular formula is C106H151N27O17. The predicted octanol–water partition coefficient (Wildman–Crippen LogP) is 5.09. The number of nitrogen functional groups attached to an aromatic ring is 4. The van der Waals surface area contributed by atoms with Crippen LogP contribution in [0.15, 0.2) is 148 Å². The number of nitrogens with one attached hydrogen (secondary N) is 3. The first-order valence-corrected chi connectivity index (χ1v) is 51.0. The lowest BCUT2D eigenvalue weighted by atomic mass is 9.86. The van der Waals surface area contributed by atoms with Crippen LogP contribution in [0.5, 0.6) is 0 Å². The van der Waals surface area contributed by atoms with Crippen LogP contribution in [0.4, 0.5) is 23.3 Å². The van der Waals surface area contributed by atoms with Crippen LogP contribution in [0.1, 0.15) is 187 Å². The van der Waals surface area contributed by atoms with Crippen molar-refractivity contribution in [2.75, 3.05) is 122 Å². The minimum atomic E-state index is -1.18. The summed E-state index contributed by atoms with van der Waals surface area (Å²) in [5.41, 5.74) is 35.8. The molecule has 4 aliphatic heterocycles. The highest BCUT2D eigenvalue weighted by Gasteiger charge is 2.49. The maximum Gasteiger partial charge on any atom is 0.310 e. The van der Waals surface area contributed by atoms with Crippen molar-refractivity contribution in [3.8, 4) is 0 Å². The zero-order valence-corrected chi connectivity index (χ0v) is 89.0. The third-order valence-corrected chi connectivity index (χ3v) is 27.3. The number of aliphatic hydroxyl groups excluding tert-OH is 8. The molecule has 12 aromatic rings. The van der Waals surface area contributed by atoms with Gasteiger partial charge in [-0.15, -0.1) is 0 Å². The second-order valence-corrected chi connectivity index (χ2v) is 43.7. The maximum absolute atomic E-state index is 12.6. The molecule has 0 spiro atoms. The van der Waals surface area contributed by atoms with E-state index in [0.717, 1.165) is 28.8 Å². The molecule has 4 aromatic carbocycles. The number of ether oxygens (including phenoxy) is 5. The molecule has 0 radical (unpaired) electrons. The van der Waals surface area contributed by atoms with E-state index in [1.54, 1.807) is 13.7 Å². The Balaban J connectivity index is 0.000000167. The van der Waals surface area contributed by atoms with Crippen molar-refractivity contribution >= 4 is 91.6 Å². The van der Waals surface area contributed by atoms with E-state index in [9.17, 15) is 60.0 Å². The Bertz CT molecular complexity index is 6430. The molecule has 16 rings (SSSR count). The summed E-state index contributed by atoms with van der Waals surface area (Å²) in [5.74, 6) is 0.853. The Morgan fingerprint density at radius 2 is 0.640 bits per heavy atom. The van der Waals surface area contributed by atoms with E-state index in [2.05, 4.69) is 224 Å². The van der Waals surface area contributed by atoms with E-state index in [4.69, 9.17) is 46.6 Å². The highest BCUT2D eigenvalue weighted by molar-refractivity contribution is 5.84. The quantitative estimate of drug-likeness (QED) is 0.0227. The zero-order chi connectivity index (χ0) is 109. The average molecular weight is 2080 g/mol. The van der Waals surface area contributed by atoms with Crippen molar-refractivity contribution in [3.05, 3.63) is 192 Å². The second-order valence-electron chi connectivity index (χ2n) is 43.7. The molecule has 16 atom stereocenters. The first kappa shape index (κ1) is 115. The number of carbonyl (C=O) groups excluding carboxylic acids is 4. The molecule has 3 amide bonds. The molecule has 4 fully saturated rings. The van der Waals surface area contributed by atoms with Gasteiger partial charge in [-0.1, -0.05) is 201 Å². The highest BCUT2D eigenvalue weighted by Crippen LogP contribution is 2.39. The molecule has 0 unspecified atom stereocenters. The summed E-state index contributed by atoms with van der Waals surface area (Å²) in [6, 6.07) is 32.6. The van der Waals surface area contributed by atoms with Gasteiger partial charge in [-0.2, -0.15) is 0 Å². The van der Waals surface area contributed by atoms with Crippen LogP contribution in [-0.4, -0.2) is 340 Å². The normalized spacial score (nSPS) is 22.1. The largest absolute Gasteiger partial charge is 0.464 e. The number of fused-ring (bicyclic) bond motifs is 4. The summed E-state index contributed by atoms with van der Waals surface area (Å²) in [5, 5.41) is 94.7. The van der Waals surface area contributed by atoms with Crippen molar-refractivity contribution in [1.29, 1.82) is 0 Å². The first-order chi connectivity index (χ1) is 71.0. The van der Waals surface area contributed by atoms with Gasteiger partial charge in [0.05, 0.1) is 51.0 Å². The second kappa shape index (κ2) is 50.2. The van der Waals surface area contributed by atoms with E-state index >= 15 is 0 Å². The minimum Gasteiger partial charge on any atom is -0.464 e. The number of nitrogens with two attached hydrogens (primary N) is 4. The van der Waals surface area contributed by atoms with Gasteiger partial charge in [0.2, 0.25) is 17.7 Å². The summed E-state index contributed by atoms with van der Waals surface area (Å²) < 4.78 is 35.8. The van der Waals surface area contributed by atoms with Crippen LogP contribution < -0.4 is 38.9 Å². The van der Waals surface area contributed by atoms with Gasteiger partial charge in [0.25, 0.3) is 0 Å². The first-order valence-electron chi connectivity index (χ1n) is 51.0. The number of benzene rings is 4. The molecule has 812 valence electrons. The molecule has 12 heterocycles. The van der Waals surface area contributed by atoms with Gasteiger partial charge < -0.3 is 108 Å². The molecule has 0 aliphatic carbocycles. The Morgan fingerprint density at radius 1 is 0.367 bits per heavy atom. The number of amides is 3. The maximum atomic E-state index is 12.6. The number of imidazole rings is 4. The van der Waals surface area contributed by atoms with Gasteiger partial charge in [0.1, 0.15) is 127 Å². The van der Waals surface area contributed by atoms with Crippen molar-refractivity contribution < 1.29 is 83.7 Å². The van der Waals surface area contributed by atoms with Gasteiger partial charge >= 0.3 is 5.97 Å². The number of hydrogen-bond donors (Lipinski definition) is 15. The number of carbonyl (C=O) groups is 4. The van der Waals surface area contributed by atoms with Crippen molar-refractivity contribution in [1.82, 2.24) is 114 Å². The molecule has 4 aliphatic rings. The summed E-state index contributed by atoms with van der Waals surface area (Å²) in [6.07, 6.45) is -2.84. The van der Waals surface area contributed by atoms with Crippen LogP contribution in [-0.2, 0) is 90.2 Å². The van der Waals surface area contributed by atoms with Gasteiger partial charge in [-0.3, -0.25) is 52.1 Å². The van der Waals surface area contributed by atoms with Crippen LogP contribution in [0.3, 0.4) is 0 Å². The zero-order valence-electron chi connectivity index (χ0n) is 89.0.